The first kappa shape index (κ1) is 24.1. The van der Waals surface area contributed by atoms with Gasteiger partial charge >= 0.3 is 6.36 Å². The van der Waals surface area contributed by atoms with E-state index in [4.69, 9.17) is 4.74 Å². The molecular formula is C22H23F3N4O4. The van der Waals surface area contributed by atoms with Crippen molar-refractivity contribution in [3.63, 3.8) is 0 Å². The maximum Gasteiger partial charge on any atom is 0.573 e. The van der Waals surface area contributed by atoms with Gasteiger partial charge in [-0.05, 0) is 50.2 Å². The van der Waals surface area contributed by atoms with Crippen molar-refractivity contribution in [2.45, 2.75) is 26.0 Å². The number of halogens is 3. The SMILES string of the molecule is CC(C)(O)OCCNC(=O)c1cccc(-c2cc(Nc3ccc(OC(F)(F)F)cc3)n[nH]2)c1. The molecule has 0 aliphatic rings. The summed E-state index contributed by atoms with van der Waals surface area (Å²) in [5, 5.41) is 22.2. The van der Waals surface area contributed by atoms with E-state index in [9.17, 15) is 23.1 Å². The van der Waals surface area contributed by atoms with Gasteiger partial charge < -0.3 is 25.2 Å². The standard InChI is InChI=1S/C22H23F3N4O4/c1-21(2,31)32-11-10-26-20(30)15-5-3-4-14(12-15)18-13-19(29-28-18)27-16-6-8-17(9-7-16)33-22(23,24)25/h3-9,12-13,31H,10-11H2,1-2H3,(H,26,30)(H2,27,28,29). The number of carbonyl (C=O) groups excluding carboxylic acids is 1. The number of aromatic nitrogens is 2. The quantitative estimate of drug-likeness (QED) is 0.279. The second-order valence-electron chi connectivity index (χ2n) is 7.50. The number of ether oxygens (including phenoxy) is 2. The number of carbonyl (C=O) groups is 1. The van der Waals surface area contributed by atoms with E-state index in [0.29, 0.717) is 28.3 Å². The van der Waals surface area contributed by atoms with Crippen molar-refractivity contribution < 1.29 is 32.5 Å². The maximum atomic E-state index is 12.4. The molecule has 0 saturated carbocycles. The van der Waals surface area contributed by atoms with Gasteiger partial charge in [-0.25, -0.2) is 0 Å². The average Bonchev–Trinajstić information content (AvgIpc) is 3.19. The molecular weight excluding hydrogens is 441 g/mol. The molecule has 3 rings (SSSR count). The van der Waals surface area contributed by atoms with Crippen LogP contribution in [0.3, 0.4) is 0 Å². The summed E-state index contributed by atoms with van der Waals surface area (Å²) in [6.45, 7) is 3.40. The molecule has 0 saturated heterocycles. The molecule has 0 unspecified atom stereocenters. The minimum atomic E-state index is -4.75. The van der Waals surface area contributed by atoms with Gasteiger partial charge in [-0.15, -0.1) is 13.2 Å². The largest absolute Gasteiger partial charge is 0.573 e. The number of H-pyrrole nitrogens is 1. The predicted molar refractivity (Wildman–Crippen MR) is 115 cm³/mol. The van der Waals surface area contributed by atoms with Crippen molar-refractivity contribution >= 4 is 17.4 Å². The predicted octanol–water partition coefficient (Wildman–Crippen LogP) is 4.19. The van der Waals surface area contributed by atoms with E-state index in [1.807, 2.05) is 0 Å². The Hall–Kier alpha value is -3.57. The lowest BCUT2D eigenvalue weighted by molar-refractivity contribution is -0.274. The number of rotatable bonds is 9. The average molecular weight is 464 g/mol. The molecule has 1 heterocycles. The number of amides is 1. The highest BCUT2D eigenvalue weighted by molar-refractivity contribution is 5.95. The van der Waals surface area contributed by atoms with Gasteiger partial charge in [-0.1, -0.05) is 12.1 Å². The number of hydrogen-bond donors (Lipinski definition) is 4. The molecule has 176 valence electrons. The lowest BCUT2D eigenvalue weighted by Gasteiger charge is -2.18. The van der Waals surface area contributed by atoms with Crippen molar-refractivity contribution in [1.29, 1.82) is 0 Å². The molecule has 0 radical (unpaired) electrons. The summed E-state index contributed by atoms with van der Waals surface area (Å²) >= 11 is 0. The fraction of sp³-hybridized carbons (Fsp3) is 0.273. The second kappa shape index (κ2) is 9.92. The van der Waals surface area contributed by atoms with Crippen LogP contribution in [-0.4, -0.2) is 46.5 Å². The number of nitrogens with zero attached hydrogens (tertiary/aromatic N) is 1. The van der Waals surface area contributed by atoms with Crippen LogP contribution in [0.1, 0.15) is 24.2 Å². The fourth-order valence-corrected chi connectivity index (χ4v) is 2.82. The molecule has 3 aromatic rings. The summed E-state index contributed by atoms with van der Waals surface area (Å²) in [6, 6.07) is 13.8. The van der Waals surface area contributed by atoms with E-state index in [1.165, 1.54) is 38.1 Å². The molecule has 2 aromatic carbocycles. The first-order valence-corrected chi connectivity index (χ1v) is 9.92. The van der Waals surface area contributed by atoms with Gasteiger partial charge in [0.1, 0.15) is 5.75 Å². The Labute approximate surface area is 187 Å². The third-order valence-electron chi connectivity index (χ3n) is 4.22. The van der Waals surface area contributed by atoms with Crippen molar-refractivity contribution in [3.05, 3.63) is 60.2 Å². The Bertz CT molecular complexity index is 1080. The van der Waals surface area contributed by atoms with E-state index < -0.39 is 12.1 Å². The molecule has 0 atom stereocenters. The smallest absolute Gasteiger partial charge is 0.406 e. The van der Waals surface area contributed by atoms with Crippen molar-refractivity contribution in [2.75, 3.05) is 18.5 Å². The molecule has 0 bridgehead atoms. The molecule has 11 heteroatoms. The zero-order chi connectivity index (χ0) is 24.1. The minimum absolute atomic E-state index is 0.161. The zero-order valence-electron chi connectivity index (χ0n) is 17.9. The highest BCUT2D eigenvalue weighted by atomic mass is 19.4. The van der Waals surface area contributed by atoms with Crippen LogP contribution < -0.4 is 15.4 Å². The first-order valence-electron chi connectivity index (χ1n) is 9.92. The van der Waals surface area contributed by atoms with Gasteiger partial charge in [0.05, 0.1) is 12.3 Å². The van der Waals surface area contributed by atoms with Crippen LogP contribution >= 0.6 is 0 Å². The first-order chi connectivity index (χ1) is 15.5. The van der Waals surface area contributed by atoms with Crippen molar-refractivity contribution in [3.8, 4) is 17.0 Å². The topological polar surface area (TPSA) is 108 Å². The van der Waals surface area contributed by atoms with Crippen LogP contribution in [0.25, 0.3) is 11.3 Å². The molecule has 8 nitrogen and oxygen atoms in total. The summed E-state index contributed by atoms with van der Waals surface area (Å²) in [5.41, 5.74) is 2.29. The third-order valence-corrected chi connectivity index (χ3v) is 4.22. The minimum Gasteiger partial charge on any atom is -0.406 e. The Balaban J connectivity index is 1.60. The molecule has 4 N–H and O–H groups in total. The van der Waals surface area contributed by atoms with Crippen LogP contribution in [0.5, 0.6) is 5.75 Å². The Kier molecular flexibility index (Phi) is 7.24. The zero-order valence-corrected chi connectivity index (χ0v) is 17.9. The Morgan fingerprint density at radius 1 is 1.12 bits per heavy atom. The maximum absolute atomic E-state index is 12.4. The van der Waals surface area contributed by atoms with Crippen LogP contribution in [0.2, 0.25) is 0 Å². The van der Waals surface area contributed by atoms with Crippen LogP contribution in [0.4, 0.5) is 24.7 Å². The summed E-state index contributed by atoms with van der Waals surface area (Å²) < 4.78 is 45.8. The summed E-state index contributed by atoms with van der Waals surface area (Å²) in [7, 11) is 0. The van der Waals surface area contributed by atoms with E-state index in [-0.39, 0.29) is 24.8 Å². The normalized spacial score (nSPS) is 11.8. The van der Waals surface area contributed by atoms with Crippen LogP contribution in [0, 0.1) is 0 Å². The van der Waals surface area contributed by atoms with E-state index in [1.54, 1.807) is 30.3 Å². The molecule has 0 spiro atoms. The van der Waals surface area contributed by atoms with E-state index in [0.717, 1.165) is 0 Å². The van der Waals surface area contributed by atoms with Gasteiger partial charge in [-0.3, -0.25) is 9.89 Å². The van der Waals surface area contributed by atoms with Gasteiger partial charge in [0, 0.05) is 29.4 Å². The molecule has 33 heavy (non-hydrogen) atoms. The Morgan fingerprint density at radius 3 is 2.52 bits per heavy atom. The number of anilines is 2. The number of aromatic amines is 1. The Morgan fingerprint density at radius 2 is 1.85 bits per heavy atom. The molecule has 1 aromatic heterocycles. The highest BCUT2D eigenvalue weighted by Gasteiger charge is 2.30. The molecule has 0 fully saturated rings. The lowest BCUT2D eigenvalue weighted by atomic mass is 10.1. The highest BCUT2D eigenvalue weighted by Crippen LogP contribution is 2.26. The van der Waals surface area contributed by atoms with E-state index in [2.05, 4.69) is 25.6 Å². The lowest BCUT2D eigenvalue weighted by Crippen LogP contribution is -2.31. The van der Waals surface area contributed by atoms with Crippen molar-refractivity contribution in [2.24, 2.45) is 0 Å². The van der Waals surface area contributed by atoms with Gasteiger partial charge in [-0.2, -0.15) is 5.10 Å². The number of hydrogen-bond acceptors (Lipinski definition) is 6. The summed E-state index contributed by atoms with van der Waals surface area (Å²) in [6.07, 6.45) is -4.75. The monoisotopic (exact) mass is 464 g/mol. The number of nitrogens with one attached hydrogen (secondary N) is 3. The third kappa shape index (κ3) is 7.81. The van der Waals surface area contributed by atoms with E-state index >= 15 is 0 Å². The number of benzene rings is 2. The van der Waals surface area contributed by atoms with Gasteiger partial charge in [0.2, 0.25) is 0 Å². The molecule has 1 amide bonds. The summed E-state index contributed by atoms with van der Waals surface area (Å²) in [4.78, 5) is 12.4. The number of aliphatic hydroxyl groups is 1. The molecule has 0 aliphatic carbocycles. The van der Waals surface area contributed by atoms with Crippen molar-refractivity contribution in [1.82, 2.24) is 15.5 Å². The fourth-order valence-electron chi connectivity index (χ4n) is 2.82. The van der Waals surface area contributed by atoms with Crippen LogP contribution in [0.15, 0.2) is 54.6 Å². The number of alkyl halides is 3. The molecule has 0 aliphatic heterocycles. The van der Waals surface area contributed by atoms with Crippen LogP contribution in [-0.2, 0) is 4.74 Å². The summed E-state index contributed by atoms with van der Waals surface area (Å²) in [5.74, 6) is -1.45. The second-order valence-corrected chi connectivity index (χ2v) is 7.50. The van der Waals surface area contributed by atoms with Gasteiger partial charge in [0.15, 0.2) is 11.6 Å². The van der Waals surface area contributed by atoms with Gasteiger partial charge in [0.25, 0.3) is 5.91 Å².